The van der Waals surface area contributed by atoms with Gasteiger partial charge in [0.1, 0.15) is 10.7 Å². The van der Waals surface area contributed by atoms with Crippen LogP contribution in [0, 0.1) is 5.92 Å². The zero-order chi connectivity index (χ0) is 13.0. The molecule has 0 bridgehead atoms. The van der Waals surface area contributed by atoms with Crippen LogP contribution in [-0.4, -0.2) is 38.5 Å². The third-order valence-corrected chi connectivity index (χ3v) is 5.57. The lowest BCUT2D eigenvalue weighted by atomic mass is 10.1. The quantitative estimate of drug-likeness (QED) is 0.850. The maximum absolute atomic E-state index is 12.2. The molecule has 0 aliphatic carbocycles. The van der Waals surface area contributed by atoms with Gasteiger partial charge >= 0.3 is 0 Å². The second-order valence-corrected chi connectivity index (χ2v) is 7.07. The van der Waals surface area contributed by atoms with Gasteiger partial charge in [-0.15, -0.1) is 0 Å². The third-order valence-electron chi connectivity index (χ3n) is 2.88. The highest BCUT2D eigenvalue weighted by Gasteiger charge is 2.22. The van der Waals surface area contributed by atoms with Crippen LogP contribution in [0.5, 0.6) is 0 Å². The van der Waals surface area contributed by atoms with Crippen molar-refractivity contribution in [1.82, 2.24) is 9.71 Å². The second-order valence-electron chi connectivity index (χ2n) is 4.18. The number of thioether (sulfide) groups is 1. The number of aromatic nitrogens is 1. The lowest BCUT2D eigenvalue weighted by Crippen LogP contribution is -2.30. The van der Waals surface area contributed by atoms with Crippen LogP contribution in [0.1, 0.15) is 6.42 Å². The summed E-state index contributed by atoms with van der Waals surface area (Å²) in [4.78, 5) is 4.22. The van der Waals surface area contributed by atoms with Crippen molar-refractivity contribution < 1.29 is 8.42 Å². The minimum atomic E-state index is -3.47. The molecule has 18 heavy (non-hydrogen) atoms. The SMILES string of the molecule is CNc1ncccc1S(=O)(=O)NCC1CCSC1. The highest BCUT2D eigenvalue weighted by Crippen LogP contribution is 2.23. The standard InChI is InChI=1S/C11H17N3O2S2/c1-12-11-10(3-2-5-13-11)18(15,16)14-7-9-4-6-17-8-9/h2-3,5,9,14H,4,6-8H2,1H3,(H,12,13). The molecule has 0 radical (unpaired) electrons. The van der Waals surface area contributed by atoms with Crippen molar-refractivity contribution in [2.75, 3.05) is 30.4 Å². The van der Waals surface area contributed by atoms with Crippen molar-refractivity contribution in [3.63, 3.8) is 0 Å². The molecule has 1 saturated heterocycles. The first-order valence-electron chi connectivity index (χ1n) is 5.83. The van der Waals surface area contributed by atoms with Crippen molar-refractivity contribution in [1.29, 1.82) is 0 Å². The Morgan fingerprint density at radius 2 is 2.39 bits per heavy atom. The summed E-state index contributed by atoms with van der Waals surface area (Å²) in [5.41, 5.74) is 0. The van der Waals surface area contributed by atoms with Crippen molar-refractivity contribution in [2.45, 2.75) is 11.3 Å². The van der Waals surface area contributed by atoms with E-state index < -0.39 is 10.0 Å². The van der Waals surface area contributed by atoms with Crippen LogP contribution in [0.2, 0.25) is 0 Å². The van der Waals surface area contributed by atoms with E-state index in [1.54, 1.807) is 25.4 Å². The lowest BCUT2D eigenvalue weighted by molar-refractivity contribution is 0.546. The van der Waals surface area contributed by atoms with E-state index in [1.807, 2.05) is 11.8 Å². The van der Waals surface area contributed by atoms with E-state index in [0.29, 0.717) is 18.3 Å². The van der Waals surface area contributed by atoms with E-state index in [4.69, 9.17) is 0 Å². The molecule has 7 heteroatoms. The summed E-state index contributed by atoms with van der Waals surface area (Å²) < 4.78 is 27.0. The zero-order valence-corrected chi connectivity index (χ0v) is 11.9. The molecular weight excluding hydrogens is 270 g/mol. The molecular formula is C11H17N3O2S2. The fourth-order valence-corrected chi connectivity index (χ4v) is 4.41. The number of pyridine rings is 1. The van der Waals surface area contributed by atoms with E-state index in [2.05, 4.69) is 15.0 Å². The minimum Gasteiger partial charge on any atom is -0.372 e. The zero-order valence-electron chi connectivity index (χ0n) is 10.2. The topological polar surface area (TPSA) is 71.1 Å². The van der Waals surface area contributed by atoms with Gasteiger partial charge in [0.05, 0.1) is 0 Å². The predicted octanol–water partition coefficient (Wildman–Crippen LogP) is 1.15. The lowest BCUT2D eigenvalue weighted by Gasteiger charge is -2.12. The molecule has 0 spiro atoms. The molecule has 5 nitrogen and oxygen atoms in total. The number of hydrogen-bond donors (Lipinski definition) is 2. The highest BCUT2D eigenvalue weighted by molar-refractivity contribution is 7.99. The van der Waals surface area contributed by atoms with Crippen LogP contribution in [0.15, 0.2) is 23.2 Å². The average molecular weight is 287 g/mol. The van der Waals surface area contributed by atoms with E-state index in [-0.39, 0.29) is 4.90 Å². The molecule has 1 aromatic rings. The van der Waals surface area contributed by atoms with Gasteiger partial charge in [-0.1, -0.05) is 0 Å². The molecule has 1 atom stereocenters. The Balaban J connectivity index is 2.09. The van der Waals surface area contributed by atoms with Crippen LogP contribution in [0.4, 0.5) is 5.82 Å². The molecule has 1 aliphatic heterocycles. The summed E-state index contributed by atoms with van der Waals surface area (Å²) in [6.45, 7) is 0.507. The van der Waals surface area contributed by atoms with Gasteiger partial charge in [0.15, 0.2) is 0 Å². The summed E-state index contributed by atoms with van der Waals surface area (Å²) in [7, 11) is -1.81. The Labute approximate surface area is 112 Å². The first-order chi connectivity index (χ1) is 8.63. The van der Waals surface area contributed by atoms with Gasteiger partial charge in [0.2, 0.25) is 10.0 Å². The molecule has 1 unspecified atom stereocenters. The summed E-state index contributed by atoms with van der Waals surface area (Å²) in [5.74, 6) is 2.99. The summed E-state index contributed by atoms with van der Waals surface area (Å²) in [5, 5.41) is 2.80. The van der Waals surface area contributed by atoms with E-state index in [1.165, 1.54) is 0 Å². The Kier molecular flexibility index (Phi) is 4.47. The Bertz CT molecular complexity index is 499. The molecule has 1 fully saturated rings. The maximum atomic E-state index is 12.2. The summed E-state index contributed by atoms with van der Waals surface area (Å²) in [6.07, 6.45) is 2.65. The van der Waals surface area contributed by atoms with Gasteiger partial charge in [0, 0.05) is 19.8 Å². The van der Waals surface area contributed by atoms with Gasteiger partial charge in [-0.25, -0.2) is 18.1 Å². The normalized spacial score (nSPS) is 19.9. The maximum Gasteiger partial charge on any atom is 0.244 e. The van der Waals surface area contributed by atoms with Crippen LogP contribution >= 0.6 is 11.8 Å². The molecule has 2 heterocycles. The Hall–Kier alpha value is -0.790. The number of anilines is 1. The van der Waals surface area contributed by atoms with Gasteiger partial charge in [0.25, 0.3) is 0 Å². The number of nitrogens with zero attached hydrogens (tertiary/aromatic N) is 1. The fraction of sp³-hybridized carbons (Fsp3) is 0.545. The van der Waals surface area contributed by atoms with Crippen molar-refractivity contribution in [3.8, 4) is 0 Å². The van der Waals surface area contributed by atoms with Gasteiger partial charge < -0.3 is 5.32 Å². The number of sulfonamides is 1. The summed E-state index contributed by atoms with van der Waals surface area (Å²) in [6, 6.07) is 3.19. The first-order valence-corrected chi connectivity index (χ1v) is 8.47. The number of rotatable bonds is 5. The molecule has 2 rings (SSSR count). The van der Waals surface area contributed by atoms with Gasteiger partial charge in [-0.05, 0) is 36.0 Å². The smallest absolute Gasteiger partial charge is 0.244 e. The van der Waals surface area contributed by atoms with Crippen LogP contribution < -0.4 is 10.0 Å². The van der Waals surface area contributed by atoms with Crippen LogP contribution in [0.25, 0.3) is 0 Å². The Morgan fingerprint density at radius 1 is 1.56 bits per heavy atom. The van der Waals surface area contributed by atoms with Crippen LogP contribution in [0.3, 0.4) is 0 Å². The first kappa shape index (κ1) is 13.6. The molecule has 0 saturated carbocycles. The van der Waals surface area contributed by atoms with E-state index in [0.717, 1.165) is 17.9 Å². The van der Waals surface area contributed by atoms with Crippen molar-refractivity contribution in [2.24, 2.45) is 5.92 Å². The van der Waals surface area contributed by atoms with Crippen molar-refractivity contribution >= 4 is 27.6 Å². The largest absolute Gasteiger partial charge is 0.372 e. The number of hydrogen-bond acceptors (Lipinski definition) is 5. The van der Waals surface area contributed by atoms with Crippen molar-refractivity contribution in [3.05, 3.63) is 18.3 Å². The summed E-state index contributed by atoms with van der Waals surface area (Å²) >= 11 is 1.88. The van der Waals surface area contributed by atoms with E-state index >= 15 is 0 Å². The average Bonchev–Trinajstić information content (AvgIpc) is 2.89. The van der Waals surface area contributed by atoms with Crippen LogP contribution in [-0.2, 0) is 10.0 Å². The molecule has 0 amide bonds. The van der Waals surface area contributed by atoms with E-state index in [9.17, 15) is 8.42 Å². The fourth-order valence-electron chi connectivity index (χ4n) is 1.84. The number of nitrogens with one attached hydrogen (secondary N) is 2. The Morgan fingerprint density at radius 3 is 3.06 bits per heavy atom. The molecule has 0 aromatic carbocycles. The predicted molar refractivity (Wildman–Crippen MR) is 74.4 cm³/mol. The molecule has 2 N–H and O–H groups in total. The second kappa shape index (κ2) is 5.90. The third kappa shape index (κ3) is 3.15. The van der Waals surface area contributed by atoms with Gasteiger partial charge in [-0.3, -0.25) is 0 Å². The molecule has 1 aromatic heterocycles. The monoisotopic (exact) mass is 287 g/mol. The van der Waals surface area contributed by atoms with Gasteiger partial charge in [-0.2, -0.15) is 11.8 Å². The highest BCUT2D eigenvalue weighted by atomic mass is 32.2. The molecule has 1 aliphatic rings. The minimum absolute atomic E-state index is 0.207. The molecule has 100 valence electrons.